The fourth-order valence-electron chi connectivity index (χ4n) is 13.8. The molecule has 7 rings (SSSR count). The molecule has 0 amide bonds. The molecule has 348 valence electrons. The SMILES string of the molecule is CC(=O)OC1CC(C)(C(=O)O)CC2C3=CC(=O)C4C5(C)CCC(OC6OC(C(=O)O)C(O)C(O)C6OC6OC(C(=O)O)C(O)C(O)C6O)C(C)(C)C5CCC4(C)C3(C)CCC12C. The van der Waals surface area contributed by atoms with E-state index in [-0.39, 0.29) is 24.0 Å². The van der Waals surface area contributed by atoms with Gasteiger partial charge in [0.15, 0.2) is 30.6 Å². The second kappa shape index (κ2) is 15.5. The van der Waals surface area contributed by atoms with E-state index in [9.17, 15) is 60.0 Å². The standard InChI is InChI=1S/C44H64O18/c1-18(45)58-24-17-40(4,38(56)57)16-20-19-15-21(46)33-42(6)11-10-23(39(2,3)22(42)9-12-44(33,8)43(19,7)14-13-41(20,24)5)59-37-32(28(50)27(49)31(61-37)35(54)55)62-36-29(51)25(47)26(48)30(60-36)34(52)53/h15,20,22-33,36-37,47-51H,9-14,16-17H2,1-8H3,(H,52,53)(H,54,55)(H,56,57). The van der Waals surface area contributed by atoms with Crippen LogP contribution in [0.4, 0.5) is 0 Å². The highest BCUT2D eigenvalue weighted by molar-refractivity contribution is 5.95. The molecule has 0 radical (unpaired) electrons. The molecule has 2 saturated heterocycles. The Labute approximate surface area is 359 Å². The van der Waals surface area contributed by atoms with Crippen molar-refractivity contribution in [1.29, 1.82) is 0 Å². The number of aliphatic hydroxyl groups is 5. The molecule has 0 bridgehead atoms. The summed E-state index contributed by atoms with van der Waals surface area (Å²) in [4.78, 5) is 64.2. The van der Waals surface area contributed by atoms with Gasteiger partial charge in [0.05, 0.1) is 11.5 Å². The van der Waals surface area contributed by atoms with E-state index in [1.807, 2.05) is 13.8 Å². The zero-order valence-electron chi connectivity index (χ0n) is 36.6. The van der Waals surface area contributed by atoms with Crippen molar-refractivity contribution < 1.29 is 88.5 Å². The summed E-state index contributed by atoms with van der Waals surface area (Å²) in [7, 11) is 0. The number of hydrogen-bond acceptors (Lipinski definition) is 15. The number of carbonyl (C=O) groups is 5. The minimum Gasteiger partial charge on any atom is -0.481 e. The molecule has 0 aromatic carbocycles. The highest BCUT2D eigenvalue weighted by Crippen LogP contribution is 2.75. The van der Waals surface area contributed by atoms with E-state index in [4.69, 9.17) is 23.7 Å². The van der Waals surface area contributed by atoms with Gasteiger partial charge in [-0.1, -0.05) is 47.1 Å². The first kappa shape index (κ1) is 46.9. The summed E-state index contributed by atoms with van der Waals surface area (Å²) < 4.78 is 29.3. The predicted molar refractivity (Wildman–Crippen MR) is 210 cm³/mol. The number of ketones is 1. The van der Waals surface area contributed by atoms with Crippen molar-refractivity contribution in [2.75, 3.05) is 0 Å². The molecule has 20 unspecified atom stereocenters. The van der Waals surface area contributed by atoms with E-state index in [2.05, 4.69) is 27.7 Å². The summed E-state index contributed by atoms with van der Waals surface area (Å²) in [6.07, 6.45) is -15.5. The van der Waals surface area contributed by atoms with Crippen LogP contribution in [0.1, 0.15) is 107 Å². The molecule has 6 fully saturated rings. The molecule has 62 heavy (non-hydrogen) atoms. The molecule has 2 heterocycles. The predicted octanol–water partition coefficient (Wildman–Crippen LogP) is 1.79. The second-order valence-corrected chi connectivity index (χ2v) is 21.3. The molecular weight excluding hydrogens is 816 g/mol. The van der Waals surface area contributed by atoms with Crippen molar-refractivity contribution in [2.45, 2.75) is 180 Å². The summed E-state index contributed by atoms with van der Waals surface area (Å²) in [5, 5.41) is 83.4. The third-order valence-corrected chi connectivity index (χ3v) is 17.6. The van der Waals surface area contributed by atoms with E-state index in [1.165, 1.54) is 6.92 Å². The molecule has 0 spiro atoms. The van der Waals surface area contributed by atoms with Gasteiger partial charge < -0.3 is 64.5 Å². The Kier molecular flexibility index (Phi) is 11.8. The maximum atomic E-state index is 15.0. The van der Waals surface area contributed by atoms with Crippen molar-refractivity contribution in [3.05, 3.63) is 11.6 Å². The molecule has 5 aliphatic carbocycles. The van der Waals surface area contributed by atoms with E-state index in [0.29, 0.717) is 44.9 Å². The van der Waals surface area contributed by atoms with Gasteiger partial charge in [-0.05, 0) is 91.4 Å². The lowest BCUT2D eigenvalue weighted by Gasteiger charge is -2.71. The van der Waals surface area contributed by atoms with E-state index in [0.717, 1.165) is 5.57 Å². The van der Waals surface area contributed by atoms with Crippen LogP contribution in [0.3, 0.4) is 0 Å². The molecule has 7 aliphatic rings. The lowest BCUT2D eigenvalue weighted by Crippen LogP contribution is -2.68. The van der Waals surface area contributed by atoms with Gasteiger partial charge in [0, 0.05) is 24.7 Å². The number of rotatable bonds is 8. The molecule has 18 nitrogen and oxygen atoms in total. The van der Waals surface area contributed by atoms with Gasteiger partial charge >= 0.3 is 23.9 Å². The number of allylic oxidation sites excluding steroid dienone is 2. The van der Waals surface area contributed by atoms with Crippen molar-refractivity contribution in [3.63, 3.8) is 0 Å². The zero-order valence-corrected chi connectivity index (χ0v) is 36.6. The highest BCUT2D eigenvalue weighted by atomic mass is 16.8. The van der Waals surface area contributed by atoms with Gasteiger partial charge in [0.2, 0.25) is 0 Å². The number of hydrogen-bond donors (Lipinski definition) is 8. The number of ether oxygens (including phenoxy) is 5. The molecule has 18 heteroatoms. The summed E-state index contributed by atoms with van der Waals surface area (Å²) in [5.74, 6) is -5.74. The zero-order chi connectivity index (χ0) is 46.0. The lowest BCUT2D eigenvalue weighted by atomic mass is 9.33. The Morgan fingerprint density at radius 3 is 1.85 bits per heavy atom. The maximum Gasteiger partial charge on any atom is 0.335 e. The van der Waals surface area contributed by atoms with Crippen molar-refractivity contribution in [2.24, 2.45) is 50.2 Å². The Bertz CT molecular complexity index is 1880. The summed E-state index contributed by atoms with van der Waals surface area (Å²) in [5.41, 5.74) is -3.24. The number of carbonyl (C=O) groups excluding carboxylic acids is 2. The van der Waals surface area contributed by atoms with Gasteiger partial charge in [-0.2, -0.15) is 0 Å². The Balaban J connectivity index is 1.19. The van der Waals surface area contributed by atoms with Crippen molar-refractivity contribution in [3.8, 4) is 0 Å². The van der Waals surface area contributed by atoms with Crippen LogP contribution in [-0.2, 0) is 47.7 Å². The van der Waals surface area contributed by atoms with Gasteiger partial charge in [-0.25, -0.2) is 9.59 Å². The Morgan fingerprint density at radius 1 is 0.677 bits per heavy atom. The molecular formula is C44H64O18. The quantitative estimate of drug-likeness (QED) is 0.127. The minimum atomic E-state index is -2.07. The molecule has 20 atom stereocenters. The third-order valence-electron chi connectivity index (χ3n) is 17.6. The van der Waals surface area contributed by atoms with Crippen LogP contribution < -0.4 is 0 Å². The van der Waals surface area contributed by atoms with Crippen LogP contribution in [-0.4, -0.2) is 144 Å². The normalized spacial score (nSPS) is 51.0. The lowest BCUT2D eigenvalue weighted by molar-refractivity contribution is -0.371. The van der Waals surface area contributed by atoms with Crippen LogP contribution in [0.25, 0.3) is 0 Å². The third kappa shape index (κ3) is 6.88. The van der Waals surface area contributed by atoms with Crippen LogP contribution in [0.15, 0.2) is 11.6 Å². The second-order valence-electron chi connectivity index (χ2n) is 21.3. The first-order chi connectivity index (χ1) is 28.6. The van der Waals surface area contributed by atoms with Crippen LogP contribution in [0.5, 0.6) is 0 Å². The molecule has 4 saturated carbocycles. The topological polar surface area (TPSA) is 293 Å². The molecule has 2 aliphatic heterocycles. The monoisotopic (exact) mass is 880 g/mol. The van der Waals surface area contributed by atoms with E-state index in [1.54, 1.807) is 13.0 Å². The number of aliphatic hydroxyl groups excluding tert-OH is 5. The van der Waals surface area contributed by atoms with Crippen molar-refractivity contribution in [1.82, 2.24) is 0 Å². The average molecular weight is 881 g/mol. The van der Waals surface area contributed by atoms with Crippen LogP contribution in [0.2, 0.25) is 0 Å². The fraction of sp³-hybridized carbons (Fsp3) is 0.841. The smallest absolute Gasteiger partial charge is 0.335 e. The first-order valence-corrected chi connectivity index (χ1v) is 21.7. The van der Waals surface area contributed by atoms with Gasteiger partial charge in [-0.3, -0.25) is 14.4 Å². The number of carboxylic acid groups (broad SMARTS) is 3. The summed E-state index contributed by atoms with van der Waals surface area (Å²) >= 11 is 0. The molecule has 0 aromatic heterocycles. The minimum absolute atomic E-state index is 0.0401. The van der Waals surface area contributed by atoms with Crippen LogP contribution in [0, 0.1) is 50.2 Å². The summed E-state index contributed by atoms with van der Waals surface area (Å²) in [6.45, 7) is 15.6. The molecule has 8 N–H and O–H groups in total. The number of fused-ring (bicyclic) bond motifs is 7. The van der Waals surface area contributed by atoms with Crippen LogP contribution >= 0.6 is 0 Å². The van der Waals surface area contributed by atoms with E-state index < -0.39 is 136 Å². The van der Waals surface area contributed by atoms with Gasteiger partial charge in [-0.15, -0.1) is 0 Å². The molecule has 0 aromatic rings. The van der Waals surface area contributed by atoms with Gasteiger partial charge in [0.25, 0.3) is 0 Å². The maximum absolute atomic E-state index is 15.0. The number of esters is 1. The summed E-state index contributed by atoms with van der Waals surface area (Å²) in [6, 6.07) is 0. The number of aliphatic carboxylic acids is 3. The van der Waals surface area contributed by atoms with Gasteiger partial charge in [0.1, 0.15) is 42.7 Å². The first-order valence-electron chi connectivity index (χ1n) is 21.7. The van der Waals surface area contributed by atoms with E-state index >= 15 is 4.79 Å². The Morgan fingerprint density at radius 2 is 1.27 bits per heavy atom. The Hall–Kier alpha value is -3.07. The van der Waals surface area contributed by atoms with Crippen molar-refractivity contribution >= 4 is 29.7 Å². The largest absolute Gasteiger partial charge is 0.481 e. The fourth-order valence-corrected chi connectivity index (χ4v) is 13.8. The average Bonchev–Trinajstić information content (AvgIpc) is 3.16. The highest BCUT2D eigenvalue weighted by Gasteiger charge is 2.72. The number of carboxylic acids is 3.